The van der Waals surface area contributed by atoms with E-state index in [0.717, 1.165) is 42.0 Å². The van der Waals surface area contributed by atoms with Crippen LogP contribution in [0.25, 0.3) is 0 Å². The van der Waals surface area contributed by atoms with Crippen molar-refractivity contribution in [1.82, 2.24) is 9.97 Å². The van der Waals surface area contributed by atoms with Crippen molar-refractivity contribution in [3.05, 3.63) is 46.6 Å². The maximum absolute atomic E-state index is 6.05. The van der Waals surface area contributed by atoms with Crippen LogP contribution in [0.1, 0.15) is 43.9 Å². The third-order valence-electron chi connectivity index (χ3n) is 4.82. The molecule has 0 radical (unpaired) electrons. The van der Waals surface area contributed by atoms with Crippen LogP contribution in [0.2, 0.25) is 5.02 Å². The molecule has 1 unspecified atom stereocenters. The van der Waals surface area contributed by atoms with E-state index in [2.05, 4.69) is 34.3 Å². The van der Waals surface area contributed by atoms with E-state index in [4.69, 9.17) is 16.6 Å². The Balaban J connectivity index is 1.66. The number of benzene rings is 1. The first-order chi connectivity index (χ1) is 12.2. The number of hydrogen-bond donors (Lipinski definition) is 1. The van der Waals surface area contributed by atoms with Crippen molar-refractivity contribution >= 4 is 23.4 Å². The van der Waals surface area contributed by atoms with Gasteiger partial charge in [0.2, 0.25) is 5.95 Å². The number of aryl methyl sites for hydroxylation is 1. The molecule has 1 fully saturated rings. The average Bonchev–Trinajstić information content (AvgIpc) is 2.61. The quantitative estimate of drug-likeness (QED) is 0.800. The van der Waals surface area contributed by atoms with Gasteiger partial charge in [-0.25, -0.2) is 4.98 Å². The van der Waals surface area contributed by atoms with Gasteiger partial charge in [-0.3, -0.25) is 0 Å². The summed E-state index contributed by atoms with van der Waals surface area (Å²) in [5.41, 5.74) is 2.23. The Morgan fingerprint density at radius 1 is 1.24 bits per heavy atom. The van der Waals surface area contributed by atoms with Gasteiger partial charge in [0.1, 0.15) is 5.82 Å². The summed E-state index contributed by atoms with van der Waals surface area (Å²) < 4.78 is 0. The van der Waals surface area contributed by atoms with Gasteiger partial charge in [-0.05, 0) is 56.7 Å². The molecule has 0 saturated carbocycles. The van der Waals surface area contributed by atoms with Crippen LogP contribution in [0, 0.1) is 6.92 Å². The molecule has 1 N–H and O–H groups in total. The highest BCUT2D eigenvalue weighted by molar-refractivity contribution is 6.30. The van der Waals surface area contributed by atoms with Gasteiger partial charge in [0, 0.05) is 35.9 Å². The van der Waals surface area contributed by atoms with Crippen molar-refractivity contribution in [2.75, 3.05) is 23.3 Å². The summed E-state index contributed by atoms with van der Waals surface area (Å²) in [5.74, 6) is 1.78. The van der Waals surface area contributed by atoms with Crippen LogP contribution < -0.4 is 10.2 Å². The lowest BCUT2D eigenvalue weighted by molar-refractivity contribution is 0.446. The Kier molecular flexibility index (Phi) is 6.14. The fraction of sp³-hybridized carbons (Fsp3) is 0.500. The van der Waals surface area contributed by atoms with Crippen molar-refractivity contribution in [2.45, 2.75) is 52.0 Å². The van der Waals surface area contributed by atoms with Gasteiger partial charge in [0.05, 0.1) is 0 Å². The van der Waals surface area contributed by atoms with Gasteiger partial charge in [-0.1, -0.05) is 30.7 Å². The van der Waals surface area contributed by atoms with Crippen molar-refractivity contribution in [2.24, 2.45) is 0 Å². The van der Waals surface area contributed by atoms with Crippen LogP contribution in [0.5, 0.6) is 0 Å². The van der Waals surface area contributed by atoms with Crippen LogP contribution in [-0.4, -0.2) is 29.1 Å². The van der Waals surface area contributed by atoms with E-state index in [1.807, 2.05) is 25.1 Å². The van der Waals surface area contributed by atoms with Gasteiger partial charge in [-0.2, -0.15) is 4.98 Å². The summed E-state index contributed by atoms with van der Waals surface area (Å²) in [7, 11) is 0. The molecule has 4 nitrogen and oxygen atoms in total. The largest absolute Gasteiger partial charge is 0.354 e. The minimum atomic E-state index is 0.599. The normalized spacial score (nSPS) is 17.6. The highest BCUT2D eigenvalue weighted by atomic mass is 35.5. The molecule has 1 atom stereocenters. The van der Waals surface area contributed by atoms with Crippen molar-refractivity contribution in [1.29, 1.82) is 0 Å². The molecule has 0 spiro atoms. The zero-order valence-corrected chi connectivity index (χ0v) is 15.9. The summed E-state index contributed by atoms with van der Waals surface area (Å²) in [5, 5.41) is 4.15. The predicted molar refractivity (Wildman–Crippen MR) is 106 cm³/mol. The highest BCUT2D eigenvalue weighted by Gasteiger charge is 2.22. The molecule has 0 amide bonds. The van der Waals surface area contributed by atoms with E-state index in [0.29, 0.717) is 6.04 Å². The standard InChI is InChI=1S/C20H27ClN4/c1-3-18-9-4-5-12-25(18)19-13-15(2)23-20(24-19)22-11-10-16-7-6-8-17(21)14-16/h6-8,13-14,18H,3-5,9-12H2,1-2H3,(H,22,23,24). The number of rotatable bonds is 6. The second-order valence-corrected chi connectivity index (χ2v) is 7.19. The fourth-order valence-electron chi connectivity index (χ4n) is 3.52. The van der Waals surface area contributed by atoms with Crippen molar-refractivity contribution in [3.63, 3.8) is 0 Å². The van der Waals surface area contributed by atoms with Gasteiger partial charge in [-0.15, -0.1) is 0 Å². The van der Waals surface area contributed by atoms with Gasteiger partial charge in [0.25, 0.3) is 0 Å². The predicted octanol–water partition coefficient (Wildman–Crippen LogP) is 4.86. The lowest BCUT2D eigenvalue weighted by Crippen LogP contribution is -2.39. The van der Waals surface area contributed by atoms with Crippen molar-refractivity contribution < 1.29 is 0 Å². The van der Waals surface area contributed by atoms with Crippen molar-refractivity contribution in [3.8, 4) is 0 Å². The number of nitrogens with zero attached hydrogens (tertiary/aromatic N) is 3. The second-order valence-electron chi connectivity index (χ2n) is 6.75. The topological polar surface area (TPSA) is 41.1 Å². The van der Waals surface area contributed by atoms with Crippen LogP contribution in [0.4, 0.5) is 11.8 Å². The maximum Gasteiger partial charge on any atom is 0.224 e. The number of anilines is 2. The SMILES string of the molecule is CCC1CCCCN1c1cc(C)nc(NCCc2cccc(Cl)c2)n1. The molecular formula is C20H27ClN4. The first kappa shape index (κ1) is 18.0. The first-order valence-electron chi connectivity index (χ1n) is 9.26. The minimum absolute atomic E-state index is 0.599. The number of piperidine rings is 1. The summed E-state index contributed by atoms with van der Waals surface area (Å²) in [4.78, 5) is 11.8. The zero-order valence-electron chi connectivity index (χ0n) is 15.1. The van der Waals surface area contributed by atoms with Crippen LogP contribution in [-0.2, 0) is 6.42 Å². The molecule has 2 aromatic rings. The summed E-state index contributed by atoms with van der Waals surface area (Å²) in [6.07, 6.45) is 5.90. The molecule has 5 heteroatoms. The van der Waals surface area contributed by atoms with Gasteiger partial charge in [0.15, 0.2) is 0 Å². The van der Waals surface area contributed by atoms with Crippen LogP contribution in [0.3, 0.4) is 0 Å². The third kappa shape index (κ3) is 4.85. The third-order valence-corrected chi connectivity index (χ3v) is 5.05. The number of halogens is 1. The van der Waals surface area contributed by atoms with E-state index in [1.165, 1.54) is 31.2 Å². The van der Waals surface area contributed by atoms with E-state index in [-0.39, 0.29) is 0 Å². The van der Waals surface area contributed by atoms with E-state index >= 15 is 0 Å². The lowest BCUT2D eigenvalue weighted by Gasteiger charge is -2.36. The summed E-state index contributed by atoms with van der Waals surface area (Å²) >= 11 is 6.05. The van der Waals surface area contributed by atoms with E-state index < -0.39 is 0 Å². The molecule has 1 aromatic heterocycles. The lowest BCUT2D eigenvalue weighted by atomic mass is 10.00. The Morgan fingerprint density at radius 3 is 2.92 bits per heavy atom. The molecule has 25 heavy (non-hydrogen) atoms. The monoisotopic (exact) mass is 358 g/mol. The van der Waals surface area contributed by atoms with Gasteiger partial charge >= 0.3 is 0 Å². The number of hydrogen-bond acceptors (Lipinski definition) is 4. The summed E-state index contributed by atoms with van der Waals surface area (Å²) in [6, 6.07) is 10.7. The molecule has 0 bridgehead atoms. The summed E-state index contributed by atoms with van der Waals surface area (Å²) in [6.45, 7) is 6.19. The Morgan fingerprint density at radius 2 is 2.12 bits per heavy atom. The molecule has 1 saturated heterocycles. The Hall–Kier alpha value is -1.81. The molecule has 1 aliphatic rings. The average molecular weight is 359 g/mol. The van der Waals surface area contributed by atoms with Crippen LogP contribution in [0.15, 0.2) is 30.3 Å². The molecule has 0 aliphatic carbocycles. The molecule has 134 valence electrons. The zero-order chi connectivity index (χ0) is 17.6. The Bertz CT molecular complexity index is 704. The molecule has 2 heterocycles. The minimum Gasteiger partial charge on any atom is -0.354 e. The smallest absolute Gasteiger partial charge is 0.224 e. The molecule has 3 rings (SSSR count). The molecule has 1 aliphatic heterocycles. The Labute approximate surface area is 155 Å². The molecule has 1 aromatic carbocycles. The highest BCUT2D eigenvalue weighted by Crippen LogP contribution is 2.26. The van der Waals surface area contributed by atoms with Gasteiger partial charge < -0.3 is 10.2 Å². The second kappa shape index (κ2) is 8.52. The first-order valence-corrected chi connectivity index (χ1v) is 9.64. The number of nitrogens with one attached hydrogen (secondary N) is 1. The fourth-order valence-corrected chi connectivity index (χ4v) is 3.73. The van der Waals surface area contributed by atoms with Crippen LogP contribution >= 0.6 is 11.6 Å². The number of aromatic nitrogens is 2. The van der Waals surface area contributed by atoms with E-state index in [9.17, 15) is 0 Å². The molecular weight excluding hydrogens is 332 g/mol. The maximum atomic E-state index is 6.05. The van der Waals surface area contributed by atoms with E-state index in [1.54, 1.807) is 0 Å².